The zero-order valence-electron chi connectivity index (χ0n) is 10.8. The van der Waals surface area contributed by atoms with E-state index in [2.05, 4.69) is 19.1 Å². The highest BCUT2D eigenvalue weighted by Crippen LogP contribution is 2.29. The SMILES string of the molecule is CC1CC=CCC1COc1cccc(Cl)c1C(=O)O. The Kier molecular flexibility index (Phi) is 4.48. The van der Waals surface area contributed by atoms with E-state index in [-0.39, 0.29) is 10.6 Å². The highest BCUT2D eigenvalue weighted by molar-refractivity contribution is 6.33. The molecule has 0 saturated heterocycles. The molecule has 0 aliphatic heterocycles. The van der Waals surface area contributed by atoms with Crippen LogP contribution in [0.5, 0.6) is 5.75 Å². The number of carboxylic acids is 1. The number of aromatic carboxylic acids is 1. The maximum Gasteiger partial charge on any atom is 0.341 e. The van der Waals surface area contributed by atoms with Crippen LogP contribution in [0.4, 0.5) is 0 Å². The summed E-state index contributed by atoms with van der Waals surface area (Å²) < 4.78 is 5.69. The molecule has 0 aromatic heterocycles. The van der Waals surface area contributed by atoms with Gasteiger partial charge in [0.05, 0.1) is 11.6 Å². The van der Waals surface area contributed by atoms with Crippen molar-refractivity contribution in [3.8, 4) is 5.75 Å². The predicted octanol–water partition coefficient (Wildman–Crippen LogP) is 4.02. The van der Waals surface area contributed by atoms with Gasteiger partial charge in [-0.2, -0.15) is 0 Å². The minimum absolute atomic E-state index is 0.0446. The molecule has 19 heavy (non-hydrogen) atoms. The highest BCUT2D eigenvalue weighted by atomic mass is 35.5. The van der Waals surface area contributed by atoms with Crippen molar-refractivity contribution in [2.75, 3.05) is 6.61 Å². The lowest BCUT2D eigenvalue weighted by Crippen LogP contribution is -2.21. The first-order chi connectivity index (χ1) is 9.09. The maximum absolute atomic E-state index is 11.2. The van der Waals surface area contributed by atoms with Crippen LogP contribution >= 0.6 is 11.6 Å². The van der Waals surface area contributed by atoms with Gasteiger partial charge in [0.1, 0.15) is 11.3 Å². The predicted molar refractivity (Wildman–Crippen MR) is 74.9 cm³/mol. The first-order valence-electron chi connectivity index (χ1n) is 6.39. The molecular formula is C15H17ClO3. The summed E-state index contributed by atoms with van der Waals surface area (Å²) in [7, 11) is 0. The minimum Gasteiger partial charge on any atom is -0.492 e. The summed E-state index contributed by atoms with van der Waals surface area (Å²) in [6, 6.07) is 4.91. The van der Waals surface area contributed by atoms with Crippen LogP contribution in [-0.4, -0.2) is 17.7 Å². The Morgan fingerprint density at radius 1 is 1.42 bits per heavy atom. The van der Waals surface area contributed by atoms with E-state index >= 15 is 0 Å². The van der Waals surface area contributed by atoms with Crippen molar-refractivity contribution in [3.63, 3.8) is 0 Å². The van der Waals surface area contributed by atoms with Gasteiger partial charge in [-0.1, -0.05) is 36.7 Å². The summed E-state index contributed by atoms with van der Waals surface area (Å²) in [5.41, 5.74) is 0.0446. The molecule has 0 saturated carbocycles. The van der Waals surface area contributed by atoms with E-state index in [1.165, 1.54) is 0 Å². The molecule has 1 aromatic carbocycles. The van der Waals surface area contributed by atoms with Crippen LogP contribution in [-0.2, 0) is 0 Å². The molecule has 0 heterocycles. The molecule has 1 aliphatic carbocycles. The molecule has 2 rings (SSSR count). The van der Waals surface area contributed by atoms with Crippen molar-refractivity contribution >= 4 is 17.6 Å². The van der Waals surface area contributed by atoms with Gasteiger partial charge >= 0.3 is 5.97 Å². The molecule has 1 aliphatic rings. The van der Waals surface area contributed by atoms with Gasteiger partial charge in [-0.3, -0.25) is 0 Å². The fourth-order valence-corrected chi connectivity index (χ4v) is 2.51. The Hall–Kier alpha value is -1.48. The van der Waals surface area contributed by atoms with Crippen molar-refractivity contribution in [1.29, 1.82) is 0 Å². The molecular weight excluding hydrogens is 264 g/mol. The third-order valence-electron chi connectivity index (χ3n) is 3.56. The topological polar surface area (TPSA) is 46.5 Å². The lowest BCUT2D eigenvalue weighted by atomic mass is 9.85. The number of ether oxygens (including phenoxy) is 1. The molecule has 0 amide bonds. The fourth-order valence-electron chi connectivity index (χ4n) is 2.27. The van der Waals surface area contributed by atoms with Gasteiger partial charge in [0.2, 0.25) is 0 Å². The second kappa shape index (κ2) is 6.11. The number of rotatable bonds is 4. The van der Waals surface area contributed by atoms with Gasteiger partial charge in [0.15, 0.2) is 0 Å². The third-order valence-corrected chi connectivity index (χ3v) is 3.88. The van der Waals surface area contributed by atoms with E-state index in [0.717, 1.165) is 12.8 Å². The summed E-state index contributed by atoms with van der Waals surface area (Å²) in [6.07, 6.45) is 6.37. The third kappa shape index (κ3) is 3.29. The van der Waals surface area contributed by atoms with Crippen molar-refractivity contribution in [2.45, 2.75) is 19.8 Å². The van der Waals surface area contributed by atoms with Gasteiger partial charge in [0, 0.05) is 0 Å². The number of benzene rings is 1. The standard InChI is InChI=1S/C15H17ClO3/c1-10-5-2-3-6-11(10)9-19-13-8-4-7-12(16)14(13)15(17)18/h2-4,7-8,10-11H,5-6,9H2,1H3,(H,17,18). The quantitative estimate of drug-likeness (QED) is 0.848. The summed E-state index contributed by atoms with van der Waals surface area (Å²) in [5.74, 6) is 0.266. The zero-order valence-corrected chi connectivity index (χ0v) is 11.6. The van der Waals surface area contributed by atoms with Gasteiger partial charge in [-0.25, -0.2) is 4.79 Å². The van der Waals surface area contributed by atoms with Crippen LogP contribution < -0.4 is 4.74 Å². The Labute approximate surface area is 117 Å². The number of carbonyl (C=O) groups is 1. The molecule has 2 unspecified atom stereocenters. The van der Waals surface area contributed by atoms with E-state index in [1.54, 1.807) is 18.2 Å². The van der Waals surface area contributed by atoms with E-state index in [0.29, 0.717) is 24.2 Å². The molecule has 2 atom stereocenters. The number of allylic oxidation sites excluding steroid dienone is 2. The van der Waals surface area contributed by atoms with Gasteiger partial charge in [-0.15, -0.1) is 0 Å². The molecule has 0 fully saturated rings. The van der Waals surface area contributed by atoms with Crippen LogP contribution in [0.2, 0.25) is 5.02 Å². The monoisotopic (exact) mass is 280 g/mol. The van der Waals surface area contributed by atoms with E-state index < -0.39 is 5.97 Å². The van der Waals surface area contributed by atoms with Crippen molar-refractivity contribution in [1.82, 2.24) is 0 Å². The summed E-state index contributed by atoms with van der Waals surface area (Å²) in [4.78, 5) is 11.2. The Morgan fingerprint density at radius 3 is 2.84 bits per heavy atom. The molecule has 1 aromatic rings. The van der Waals surface area contributed by atoms with E-state index in [4.69, 9.17) is 21.4 Å². The lowest BCUT2D eigenvalue weighted by molar-refractivity contribution is 0.0690. The van der Waals surface area contributed by atoms with Crippen LogP contribution in [0.1, 0.15) is 30.1 Å². The Balaban J connectivity index is 2.09. The molecule has 1 N–H and O–H groups in total. The average molecular weight is 281 g/mol. The highest BCUT2D eigenvalue weighted by Gasteiger charge is 2.21. The van der Waals surface area contributed by atoms with Crippen molar-refractivity contribution in [3.05, 3.63) is 40.9 Å². The van der Waals surface area contributed by atoms with Crippen LogP contribution in [0, 0.1) is 11.8 Å². The number of hydrogen-bond donors (Lipinski definition) is 1. The second-order valence-electron chi connectivity index (χ2n) is 4.91. The fraction of sp³-hybridized carbons (Fsp3) is 0.400. The molecule has 102 valence electrons. The molecule has 3 nitrogen and oxygen atoms in total. The van der Waals surface area contributed by atoms with Crippen LogP contribution in [0.15, 0.2) is 30.4 Å². The van der Waals surface area contributed by atoms with Crippen LogP contribution in [0.25, 0.3) is 0 Å². The zero-order chi connectivity index (χ0) is 13.8. The lowest BCUT2D eigenvalue weighted by Gasteiger charge is -2.25. The summed E-state index contributed by atoms with van der Waals surface area (Å²) in [6.45, 7) is 2.71. The van der Waals surface area contributed by atoms with Crippen molar-refractivity contribution < 1.29 is 14.6 Å². The smallest absolute Gasteiger partial charge is 0.341 e. The second-order valence-corrected chi connectivity index (χ2v) is 5.32. The summed E-state index contributed by atoms with van der Waals surface area (Å²) in [5, 5.41) is 9.37. The van der Waals surface area contributed by atoms with Crippen LogP contribution in [0.3, 0.4) is 0 Å². The first-order valence-corrected chi connectivity index (χ1v) is 6.77. The van der Waals surface area contributed by atoms with Gasteiger partial charge < -0.3 is 9.84 Å². The normalized spacial score (nSPS) is 22.2. The Morgan fingerprint density at radius 2 is 2.16 bits per heavy atom. The molecule has 4 heteroatoms. The number of halogens is 1. The molecule has 0 bridgehead atoms. The average Bonchev–Trinajstić information content (AvgIpc) is 2.37. The molecule has 0 radical (unpaired) electrons. The summed E-state index contributed by atoms with van der Waals surface area (Å²) >= 11 is 5.90. The number of hydrogen-bond acceptors (Lipinski definition) is 2. The van der Waals surface area contributed by atoms with Gasteiger partial charge in [-0.05, 0) is 36.8 Å². The largest absolute Gasteiger partial charge is 0.492 e. The van der Waals surface area contributed by atoms with Crippen molar-refractivity contribution in [2.24, 2.45) is 11.8 Å². The van der Waals surface area contributed by atoms with E-state index in [1.807, 2.05) is 0 Å². The number of carboxylic acid groups (broad SMARTS) is 1. The minimum atomic E-state index is -1.06. The maximum atomic E-state index is 11.2. The van der Waals surface area contributed by atoms with Gasteiger partial charge in [0.25, 0.3) is 0 Å². The first kappa shape index (κ1) is 13.9. The van der Waals surface area contributed by atoms with E-state index in [9.17, 15) is 4.79 Å². The molecule has 0 spiro atoms. The Bertz CT molecular complexity index is 496.